The van der Waals surface area contributed by atoms with E-state index in [2.05, 4.69) is 16.0 Å². The van der Waals surface area contributed by atoms with Crippen LogP contribution in [0.5, 0.6) is 0 Å². The van der Waals surface area contributed by atoms with Crippen molar-refractivity contribution in [2.75, 3.05) is 10.6 Å². The number of urea groups is 1. The van der Waals surface area contributed by atoms with Gasteiger partial charge in [-0.1, -0.05) is 36.8 Å². The molecule has 4 N–H and O–H groups in total. The number of para-hydroxylation sites is 1. The van der Waals surface area contributed by atoms with Gasteiger partial charge in [0.15, 0.2) is 0 Å². The van der Waals surface area contributed by atoms with Crippen molar-refractivity contribution in [2.45, 2.75) is 46.0 Å². The number of carboxylic acid groups (broad SMARTS) is 1. The number of anilines is 2. The molecule has 0 spiro atoms. The summed E-state index contributed by atoms with van der Waals surface area (Å²) in [6.07, 6.45) is 4.18. The van der Waals surface area contributed by atoms with Gasteiger partial charge in [0, 0.05) is 10.6 Å². The fourth-order valence-electron chi connectivity index (χ4n) is 4.42. The molecule has 186 valence electrons. The van der Waals surface area contributed by atoms with E-state index in [9.17, 15) is 19.5 Å². The first kappa shape index (κ1) is 25.2. The van der Waals surface area contributed by atoms with Crippen molar-refractivity contribution in [3.8, 4) is 10.4 Å². The van der Waals surface area contributed by atoms with Crippen LogP contribution in [-0.4, -0.2) is 23.0 Å². The third-order valence-corrected chi connectivity index (χ3v) is 7.22. The lowest BCUT2D eigenvalue weighted by Gasteiger charge is -2.19. The van der Waals surface area contributed by atoms with Crippen LogP contribution in [0.25, 0.3) is 10.4 Å². The number of hydrogen-bond acceptors (Lipinski definition) is 4. The zero-order valence-corrected chi connectivity index (χ0v) is 21.1. The van der Waals surface area contributed by atoms with Gasteiger partial charge in [-0.2, -0.15) is 0 Å². The van der Waals surface area contributed by atoms with E-state index in [1.807, 2.05) is 49.6 Å². The third-order valence-electron chi connectivity index (χ3n) is 6.30. The first-order valence-corrected chi connectivity index (χ1v) is 12.8. The highest BCUT2D eigenvalue weighted by atomic mass is 32.1. The minimum atomic E-state index is -1.15. The summed E-state index contributed by atoms with van der Waals surface area (Å²) in [4.78, 5) is 39.2. The van der Waals surface area contributed by atoms with Crippen LogP contribution in [0.3, 0.4) is 0 Å². The summed E-state index contributed by atoms with van der Waals surface area (Å²) in [5.41, 5.74) is 4.54. The Kier molecular flexibility index (Phi) is 7.85. The third kappa shape index (κ3) is 5.83. The second kappa shape index (κ2) is 11.2. The maximum atomic E-state index is 13.3. The second-order valence-electron chi connectivity index (χ2n) is 8.88. The first-order chi connectivity index (χ1) is 17.3. The molecule has 3 amide bonds. The minimum absolute atomic E-state index is 0.0621. The molecule has 0 saturated heterocycles. The highest BCUT2D eigenvalue weighted by Gasteiger charge is 2.22. The normalized spacial score (nSPS) is 13.1. The van der Waals surface area contributed by atoms with Crippen LogP contribution in [0.15, 0.2) is 65.2 Å². The largest absolute Gasteiger partial charge is 0.477 e. The summed E-state index contributed by atoms with van der Waals surface area (Å²) in [6, 6.07) is 14.3. The molecule has 0 unspecified atom stereocenters. The average Bonchev–Trinajstić information content (AvgIpc) is 3.40. The number of aryl methyl sites for hydroxylation is 2. The van der Waals surface area contributed by atoms with Crippen molar-refractivity contribution in [3.63, 3.8) is 0 Å². The van der Waals surface area contributed by atoms with Crippen LogP contribution in [0.4, 0.5) is 16.2 Å². The molecule has 1 aliphatic rings. The Morgan fingerprint density at radius 2 is 1.61 bits per heavy atom. The second-order valence-corrected chi connectivity index (χ2v) is 9.83. The van der Waals surface area contributed by atoms with Gasteiger partial charge in [0.25, 0.3) is 5.91 Å². The number of aliphatic carboxylic acids is 1. The van der Waals surface area contributed by atoms with E-state index in [1.54, 1.807) is 29.5 Å². The molecule has 3 aromatic rings. The van der Waals surface area contributed by atoms with Crippen LogP contribution < -0.4 is 16.0 Å². The summed E-state index contributed by atoms with van der Waals surface area (Å²) in [5.74, 6) is -1.73. The molecule has 4 rings (SSSR count). The number of carbonyl (C=O) groups is 3. The number of rotatable bonds is 6. The topological polar surface area (TPSA) is 108 Å². The van der Waals surface area contributed by atoms with E-state index in [-0.39, 0.29) is 11.3 Å². The molecule has 1 saturated carbocycles. The lowest BCUT2D eigenvalue weighted by atomic mass is 9.93. The molecule has 1 aliphatic carbocycles. The molecule has 1 heterocycles. The highest BCUT2D eigenvalue weighted by molar-refractivity contribution is 7.13. The van der Waals surface area contributed by atoms with Crippen molar-refractivity contribution in [3.05, 3.63) is 81.9 Å². The number of nitrogens with one attached hydrogen (secondary N) is 3. The van der Waals surface area contributed by atoms with Crippen molar-refractivity contribution >= 4 is 40.6 Å². The molecular weight excluding hydrogens is 474 g/mol. The maximum Gasteiger partial charge on any atom is 0.352 e. The van der Waals surface area contributed by atoms with Gasteiger partial charge in [0.1, 0.15) is 5.70 Å². The fraction of sp³-hybridized carbons (Fsp3) is 0.250. The molecule has 0 bridgehead atoms. The van der Waals surface area contributed by atoms with Crippen LogP contribution in [-0.2, 0) is 4.79 Å². The van der Waals surface area contributed by atoms with Crippen LogP contribution in [0.1, 0.15) is 53.6 Å². The molecule has 7 nitrogen and oxygen atoms in total. The summed E-state index contributed by atoms with van der Waals surface area (Å²) < 4.78 is 0. The highest BCUT2D eigenvalue weighted by Crippen LogP contribution is 2.30. The number of hydrogen-bond donors (Lipinski definition) is 4. The van der Waals surface area contributed by atoms with Crippen molar-refractivity contribution in [1.29, 1.82) is 0 Å². The van der Waals surface area contributed by atoms with Crippen molar-refractivity contribution < 1.29 is 19.5 Å². The molecule has 36 heavy (non-hydrogen) atoms. The lowest BCUT2D eigenvalue weighted by molar-refractivity contribution is -0.133. The zero-order valence-electron chi connectivity index (χ0n) is 20.3. The van der Waals surface area contributed by atoms with Crippen LogP contribution >= 0.6 is 11.3 Å². The molecular formula is C28H29N3O4S. The van der Waals surface area contributed by atoms with E-state index in [4.69, 9.17) is 0 Å². The van der Waals surface area contributed by atoms with Gasteiger partial charge in [-0.25, -0.2) is 9.59 Å². The van der Waals surface area contributed by atoms with Crippen LogP contribution in [0.2, 0.25) is 0 Å². The molecule has 0 radical (unpaired) electrons. The number of amides is 3. The predicted molar refractivity (Wildman–Crippen MR) is 144 cm³/mol. The average molecular weight is 504 g/mol. The van der Waals surface area contributed by atoms with E-state index < -0.39 is 17.9 Å². The summed E-state index contributed by atoms with van der Waals surface area (Å²) >= 11 is 1.54. The Hall–Kier alpha value is -3.91. The van der Waals surface area contributed by atoms with Gasteiger partial charge in [0.2, 0.25) is 0 Å². The van der Waals surface area contributed by atoms with Crippen molar-refractivity contribution in [2.24, 2.45) is 0 Å². The summed E-state index contributed by atoms with van der Waals surface area (Å²) in [6.45, 7) is 3.82. The maximum absolute atomic E-state index is 13.3. The Bertz CT molecular complexity index is 1300. The number of carboxylic acids is 1. The fourth-order valence-corrected chi connectivity index (χ4v) is 5.15. The van der Waals surface area contributed by atoms with Gasteiger partial charge in [-0.3, -0.25) is 4.79 Å². The Labute approximate surface area is 214 Å². The van der Waals surface area contributed by atoms with Gasteiger partial charge < -0.3 is 21.1 Å². The minimum Gasteiger partial charge on any atom is -0.477 e. The number of allylic oxidation sites excluding steroid dienone is 1. The van der Waals surface area contributed by atoms with E-state index >= 15 is 0 Å². The Morgan fingerprint density at radius 3 is 2.25 bits per heavy atom. The summed E-state index contributed by atoms with van der Waals surface area (Å²) in [7, 11) is 0. The SMILES string of the molecule is Cc1cccc(C)c1NC(=O)Nc1cc(-c2cccs2)ccc1C(=O)NC(C(=O)O)=C1CCCCC1. The smallest absolute Gasteiger partial charge is 0.352 e. The molecule has 8 heteroatoms. The zero-order chi connectivity index (χ0) is 25.7. The van der Waals surface area contributed by atoms with Crippen molar-refractivity contribution in [1.82, 2.24) is 5.32 Å². The number of thiophene rings is 1. The van der Waals surface area contributed by atoms with Gasteiger partial charge in [-0.15, -0.1) is 11.3 Å². The Balaban J connectivity index is 1.65. The van der Waals surface area contributed by atoms with Gasteiger partial charge >= 0.3 is 12.0 Å². The molecule has 1 fully saturated rings. The van der Waals surface area contributed by atoms with E-state index in [0.717, 1.165) is 46.4 Å². The first-order valence-electron chi connectivity index (χ1n) is 11.9. The Morgan fingerprint density at radius 1 is 0.889 bits per heavy atom. The van der Waals surface area contributed by atoms with Gasteiger partial charge in [-0.05, 0) is 85.4 Å². The quantitative estimate of drug-likeness (QED) is 0.280. The monoisotopic (exact) mass is 503 g/mol. The standard InChI is InChI=1S/C28H29N3O4S/c1-17-8-6-9-18(2)24(17)31-28(35)29-22-16-20(23-12-7-15-36-23)13-14-21(22)26(32)30-25(27(33)34)19-10-4-3-5-11-19/h6-9,12-16H,3-5,10-11H2,1-2H3,(H,30,32)(H,33,34)(H2,29,31,35). The molecule has 0 aliphatic heterocycles. The predicted octanol–water partition coefficient (Wildman–Crippen LogP) is 6.71. The molecule has 1 aromatic heterocycles. The molecule has 0 atom stereocenters. The summed E-state index contributed by atoms with van der Waals surface area (Å²) in [5, 5.41) is 20.0. The number of benzene rings is 2. The number of carbonyl (C=O) groups excluding carboxylic acids is 2. The van der Waals surface area contributed by atoms with Gasteiger partial charge in [0.05, 0.1) is 11.3 Å². The molecule has 2 aromatic carbocycles. The van der Waals surface area contributed by atoms with Crippen LogP contribution in [0, 0.1) is 13.8 Å². The lowest BCUT2D eigenvalue weighted by Crippen LogP contribution is -2.30. The van der Waals surface area contributed by atoms with E-state index in [0.29, 0.717) is 24.2 Å². The van der Waals surface area contributed by atoms with E-state index in [1.165, 1.54) is 0 Å².